The lowest BCUT2D eigenvalue weighted by atomic mass is 10.4. The van der Waals surface area contributed by atoms with Crippen LogP contribution in [0.2, 0.25) is 0 Å². The highest BCUT2D eigenvalue weighted by Crippen LogP contribution is 2.13. The number of halogens is 2. The molecule has 0 aliphatic heterocycles. The number of aliphatic hydroxyl groups is 1. The fourth-order valence-corrected chi connectivity index (χ4v) is 0.297. The Kier molecular flexibility index (Phi) is 2.73. The zero-order valence-electron chi connectivity index (χ0n) is 3.77. The number of aliphatic carboxylic acids is 1. The van der Waals surface area contributed by atoms with Gasteiger partial charge in [-0.3, -0.25) is 0 Å². The van der Waals surface area contributed by atoms with Crippen LogP contribution in [-0.2, 0) is 4.79 Å². The van der Waals surface area contributed by atoms with Crippen LogP contribution in [-0.4, -0.2) is 26.6 Å². The van der Waals surface area contributed by atoms with Gasteiger partial charge in [0.25, 0.3) is 0 Å². The van der Waals surface area contributed by atoms with Crippen LogP contribution >= 0.6 is 27.5 Å². The number of carboxylic acid groups (broad SMARTS) is 1. The summed E-state index contributed by atoms with van der Waals surface area (Å²) in [7, 11) is 0. The molecule has 2 N–H and O–H groups in total. The summed E-state index contributed by atoms with van der Waals surface area (Å²) in [5.41, 5.74) is 0. The molecule has 48 valence electrons. The van der Waals surface area contributed by atoms with Crippen molar-refractivity contribution < 1.29 is 15.0 Å². The fraction of sp³-hybridized carbons (Fsp3) is 0.667. The minimum Gasteiger partial charge on any atom is -0.478 e. The van der Waals surface area contributed by atoms with E-state index in [1.165, 1.54) is 0 Å². The van der Waals surface area contributed by atoms with E-state index in [1.54, 1.807) is 0 Å². The van der Waals surface area contributed by atoms with Crippen molar-refractivity contribution in [3.8, 4) is 0 Å². The first-order valence-corrected chi connectivity index (χ1v) is 3.21. The molecule has 1 atom stereocenters. The third kappa shape index (κ3) is 1.98. The van der Waals surface area contributed by atoms with Gasteiger partial charge in [-0.1, -0.05) is 27.5 Å². The van der Waals surface area contributed by atoms with Crippen molar-refractivity contribution in [2.75, 3.05) is 5.33 Å². The first-order chi connectivity index (χ1) is 3.50. The molecule has 0 aliphatic rings. The van der Waals surface area contributed by atoms with Gasteiger partial charge in [0.15, 0.2) is 0 Å². The number of carboxylic acids is 1. The van der Waals surface area contributed by atoms with Crippen LogP contribution < -0.4 is 0 Å². The van der Waals surface area contributed by atoms with E-state index in [1.807, 2.05) is 0 Å². The molecule has 0 radical (unpaired) electrons. The molecule has 0 saturated carbocycles. The van der Waals surface area contributed by atoms with E-state index in [4.69, 9.17) is 21.8 Å². The van der Waals surface area contributed by atoms with Crippen LogP contribution in [0.25, 0.3) is 0 Å². The zero-order chi connectivity index (χ0) is 6.78. The maximum absolute atomic E-state index is 9.84. The molecule has 0 fully saturated rings. The lowest BCUT2D eigenvalue weighted by molar-refractivity contribution is -0.148. The van der Waals surface area contributed by atoms with Crippen LogP contribution in [0, 0.1) is 0 Å². The van der Waals surface area contributed by atoms with Gasteiger partial charge in [0, 0.05) is 0 Å². The molecule has 0 rings (SSSR count). The van der Waals surface area contributed by atoms with Crippen LogP contribution in [0.5, 0.6) is 0 Å². The van der Waals surface area contributed by atoms with Crippen molar-refractivity contribution in [1.29, 1.82) is 0 Å². The average molecular weight is 203 g/mol. The Morgan fingerprint density at radius 2 is 2.25 bits per heavy atom. The van der Waals surface area contributed by atoms with E-state index in [9.17, 15) is 4.79 Å². The molecule has 5 heteroatoms. The Balaban J connectivity index is 3.91. The summed E-state index contributed by atoms with van der Waals surface area (Å²) in [5, 5.41) is 14.2. The lowest BCUT2D eigenvalue weighted by Gasteiger charge is -2.09. The Hall–Kier alpha value is 0.200. The molecular formula is C3H4BrClO3. The van der Waals surface area contributed by atoms with Gasteiger partial charge in [0.2, 0.25) is 5.06 Å². The summed E-state index contributed by atoms with van der Waals surface area (Å²) in [5.74, 6) is -1.45. The Labute approximate surface area is 59.4 Å². The predicted molar refractivity (Wildman–Crippen MR) is 32.2 cm³/mol. The molecule has 0 heterocycles. The highest BCUT2D eigenvalue weighted by atomic mass is 79.9. The molecule has 1 unspecified atom stereocenters. The first kappa shape index (κ1) is 8.20. The first-order valence-electron chi connectivity index (χ1n) is 1.71. The number of carbonyl (C=O) groups is 1. The molecule has 0 aromatic heterocycles. The molecule has 8 heavy (non-hydrogen) atoms. The molecule has 0 spiro atoms. The Bertz CT molecular complexity index is 103. The lowest BCUT2D eigenvalue weighted by Crippen LogP contribution is -2.33. The maximum Gasteiger partial charge on any atom is 0.352 e. The third-order valence-electron chi connectivity index (χ3n) is 0.505. The monoisotopic (exact) mass is 202 g/mol. The van der Waals surface area contributed by atoms with Crippen molar-refractivity contribution in [3.63, 3.8) is 0 Å². The molecule has 0 aromatic rings. The van der Waals surface area contributed by atoms with E-state index in [-0.39, 0.29) is 5.33 Å². The van der Waals surface area contributed by atoms with E-state index in [0.717, 1.165) is 0 Å². The summed E-state index contributed by atoms with van der Waals surface area (Å²) < 4.78 is 0. The second-order valence-electron chi connectivity index (χ2n) is 1.20. The predicted octanol–water partition coefficient (Wildman–Crippen LogP) is 0.393. The van der Waals surface area contributed by atoms with Crippen molar-refractivity contribution >= 4 is 33.5 Å². The van der Waals surface area contributed by atoms with E-state index in [0.29, 0.717) is 0 Å². The van der Waals surface area contributed by atoms with Crippen molar-refractivity contribution in [1.82, 2.24) is 0 Å². The second kappa shape index (κ2) is 2.66. The molecular weight excluding hydrogens is 199 g/mol. The molecule has 3 nitrogen and oxygen atoms in total. The van der Waals surface area contributed by atoms with Gasteiger partial charge in [0.1, 0.15) is 0 Å². The van der Waals surface area contributed by atoms with Crippen molar-refractivity contribution in [3.05, 3.63) is 0 Å². The van der Waals surface area contributed by atoms with Crippen molar-refractivity contribution in [2.24, 2.45) is 0 Å². The van der Waals surface area contributed by atoms with Gasteiger partial charge in [0.05, 0.1) is 5.33 Å². The van der Waals surface area contributed by atoms with E-state index < -0.39 is 11.0 Å². The standard InChI is InChI=1S/C3H4BrClO3/c4-1-3(5,8)2(6)7/h8H,1H2,(H,6,7). The minimum atomic E-state index is -2.15. The zero-order valence-corrected chi connectivity index (χ0v) is 6.11. The third-order valence-corrected chi connectivity index (χ3v) is 1.93. The molecule has 0 saturated heterocycles. The molecule has 0 aromatic carbocycles. The largest absolute Gasteiger partial charge is 0.478 e. The summed E-state index contributed by atoms with van der Waals surface area (Å²) in [6, 6.07) is 0. The van der Waals surface area contributed by atoms with Gasteiger partial charge >= 0.3 is 5.97 Å². The quantitative estimate of drug-likeness (QED) is 0.639. The molecule has 0 bridgehead atoms. The van der Waals surface area contributed by atoms with Gasteiger partial charge in [-0.25, -0.2) is 4.79 Å². The minimum absolute atomic E-state index is 0.184. The number of alkyl halides is 2. The van der Waals surface area contributed by atoms with E-state index >= 15 is 0 Å². The van der Waals surface area contributed by atoms with Gasteiger partial charge in [-0.2, -0.15) is 0 Å². The summed E-state index contributed by atoms with van der Waals surface area (Å²) in [6.07, 6.45) is 0. The molecule has 0 aliphatic carbocycles. The van der Waals surface area contributed by atoms with Crippen LogP contribution in [0.15, 0.2) is 0 Å². The number of hydrogen-bond donors (Lipinski definition) is 2. The summed E-state index contributed by atoms with van der Waals surface area (Å²) in [4.78, 5) is 9.84. The van der Waals surface area contributed by atoms with Crippen LogP contribution in [0.4, 0.5) is 0 Å². The Morgan fingerprint density at radius 3 is 2.25 bits per heavy atom. The second-order valence-corrected chi connectivity index (χ2v) is 2.38. The highest BCUT2D eigenvalue weighted by molar-refractivity contribution is 9.09. The average Bonchev–Trinajstić information content (AvgIpc) is 1.67. The topological polar surface area (TPSA) is 57.5 Å². The van der Waals surface area contributed by atoms with Crippen molar-refractivity contribution in [2.45, 2.75) is 5.06 Å². The summed E-state index contributed by atoms with van der Waals surface area (Å²) in [6.45, 7) is 0. The SMILES string of the molecule is O=C(O)C(O)(Cl)CBr. The summed E-state index contributed by atoms with van der Waals surface area (Å²) >= 11 is 7.67. The number of rotatable bonds is 2. The number of hydrogen-bond acceptors (Lipinski definition) is 2. The maximum atomic E-state index is 9.84. The fourth-order valence-electron chi connectivity index (χ4n) is 0.0572. The Morgan fingerprint density at radius 1 is 1.88 bits per heavy atom. The van der Waals surface area contributed by atoms with Gasteiger partial charge in [-0.05, 0) is 0 Å². The highest BCUT2D eigenvalue weighted by Gasteiger charge is 2.31. The van der Waals surface area contributed by atoms with E-state index in [2.05, 4.69) is 15.9 Å². The van der Waals surface area contributed by atoms with Crippen LogP contribution in [0.1, 0.15) is 0 Å². The molecule has 0 amide bonds. The normalized spacial score (nSPS) is 17.4. The van der Waals surface area contributed by atoms with Crippen LogP contribution in [0.3, 0.4) is 0 Å². The smallest absolute Gasteiger partial charge is 0.352 e. The van der Waals surface area contributed by atoms with Gasteiger partial charge in [-0.15, -0.1) is 0 Å². The van der Waals surface area contributed by atoms with Gasteiger partial charge < -0.3 is 10.2 Å².